The molecule has 2 aliphatic heterocycles. The smallest absolute Gasteiger partial charge is 0.133 e. The van der Waals surface area contributed by atoms with Crippen molar-refractivity contribution < 1.29 is 9.84 Å². The summed E-state index contributed by atoms with van der Waals surface area (Å²) >= 11 is 0. The van der Waals surface area contributed by atoms with Gasteiger partial charge in [0, 0.05) is 31.1 Å². The van der Waals surface area contributed by atoms with Gasteiger partial charge in [-0.3, -0.25) is 4.90 Å². The molecule has 1 fully saturated rings. The zero-order valence-corrected chi connectivity index (χ0v) is 15.0. The Labute approximate surface area is 154 Å². The molecule has 4 rings (SSSR count). The number of nitrogens with zero attached hydrogens (tertiary/aromatic N) is 3. The lowest BCUT2D eigenvalue weighted by atomic mass is 10.0. The molecule has 1 aromatic heterocycles. The first-order valence-electron chi connectivity index (χ1n) is 9.47. The first kappa shape index (κ1) is 17.2. The highest BCUT2D eigenvalue weighted by Crippen LogP contribution is 2.30. The number of aliphatic hydroxyl groups is 1. The fourth-order valence-electron chi connectivity index (χ4n) is 3.92. The number of piperidine rings is 1. The van der Waals surface area contributed by atoms with Crippen molar-refractivity contribution >= 4 is 5.82 Å². The van der Waals surface area contributed by atoms with Crippen LogP contribution < -0.4 is 10.1 Å². The molecule has 0 amide bonds. The van der Waals surface area contributed by atoms with Crippen LogP contribution in [0.15, 0.2) is 30.6 Å². The van der Waals surface area contributed by atoms with E-state index in [1.165, 1.54) is 18.4 Å². The molecule has 138 valence electrons. The SMILES string of the molecule is OC[C@H]1CCCCN1CCNc1ncnc2c1Cc1ccccc1OC2. The van der Waals surface area contributed by atoms with E-state index < -0.39 is 0 Å². The number of fused-ring (bicyclic) bond motifs is 2. The average Bonchev–Trinajstić information content (AvgIpc) is 2.88. The third-order valence-corrected chi connectivity index (χ3v) is 5.39. The van der Waals surface area contributed by atoms with Crippen LogP contribution in [0.1, 0.15) is 36.1 Å². The van der Waals surface area contributed by atoms with Crippen LogP contribution in [0.3, 0.4) is 0 Å². The molecule has 0 aliphatic carbocycles. The summed E-state index contributed by atoms with van der Waals surface area (Å²) in [5.41, 5.74) is 3.24. The number of para-hydroxylation sites is 1. The van der Waals surface area contributed by atoms with E-state index in [1.54, 1.807) is 6.33 Å². The molecule has 1 saturated heterocycles. The number of hydrogen-bond donors (Lipinski definition) is 2. The molecular formula is C20H26N4O2. The van der Waals surface area contributed by atoms with Crippen LogP contribution in [-0.4, -0.2) is 52.3 Å². The Kier molecular flexibility index (Phi) is 5.32. The second kappa shape index (κ2) is 8.01. The van der Waals surface area contributed by atoms with E-state index in [1.807, 2.05) is 18.2 Å². The van der Waals surface area contributed by atoms with Crippen molar-refractivity contribution in [2.24, 2.45) is 0 Å². The minimum Gasteiger partial charge on any atom is -0.487 e. The summed E-state index contributed by atoms with van der Waals surface area (Å²) < 4.78 is 5.90. The van der Waals surface area contributed by atoms with Gasteiger partial charge in [0.1, 0.15) is 24.5 Å². The molecule has 1 atom stereocenters. The van der Waals surface area contributed by atoms with Crippen LogP contribution in [0.25, 0.3) is 0 Å². The molecule has 2 aromatic rings. The normalized spacial score (nSPS) is 19.8. The van der Waals surface area contributed by atoms with Gasteiger partial charge in [0.25, 0.3) is 0 Å². The second-order valence-corrected chi connectivity index (χ2v) is 7.02. The fourth-order valence-corrected chi connectivity index (χ4v) is 3.92. The largest absolute Gasteiger partial charge is 0.487 e. The summed E-state index contributed by atoms with van der Waals surface area (Å²) in [4.78, 5) is 11.3. The number of benzene rings is 1. The van der Waals surface area contributed by atoms with E-state index in [4.69, 9.17) is 4.74 Å². The van der Waals surface area contributed by atoms with E-state index in [0.717, 1.165) is 55.3 Å². The maximum Gasteiger partial charge on any atom is 0.133 e. The van der Waals surface area contributed by atoms with Crippen molar-refractivity contribution in [1.29, 1.82) is 0 Å². The lowest BCUT2D eigenvalue weighted by molar-refractivity contribution is 0.0940. The minimum atomic E-state index is 0.247. The third kappa shape index (κ3) is 3.66. The monoisotopic (exact) mass is 354 g/mol. The predicted octanol–water partition coefficient (Wildman–Crippen LogP) is 2.22. The minimum absolute atomic E-state index is 0.247. The van der Waals surface area contributed by atoms with Crippen molar-refractivity contribution in [2.75, 3.05) is 31.6 Å². The van der Waals surface area contributed by atoms with Gasteiger partial charge in [0.05, 0.1) is 12.3 Å². The van der Waals surface area contributed by atoms with E-state index in [2.05, 4.69) is 26.3 Å². The summed E-state index contributed by atoms with van der Waals surface area (Å²) in [7, 11) is 0. The predicted molar refractivity (Wildman–Crippen MR) is 100 cm³/mol. The molecule has 6 nitrogen and oxygen atoms in total. The lowest BCUT2D eigenvalue weighted by Crippen LogP contribution is -2.44. The summed E-state index contributed by atoms with van der Waals surface area (Å²) in [6.45, 7) is 3.51. The summed E-state index contributed by atoms with van der Waals surface area (Å²) in [5, 5.41) is 13.1. The van der Waals surface area contributed by atoms with Crippen molar-refractivity contribution in [3.63, 3.8) is 0 Å². The number of rotatable bonds is 5. The van der Waals surface area contributed by atoms with Crippen LogP contribution >= 0.6 is 0 Å². The Morgan fingerprint density at radius 1 is 1.23 bits per heavy atom. The molecule has 0 bridgehead atoms. The molecule has 26 heavy (non-hydrogen) atoms. The van der Waals surface area contributed by atoms with Gasteiger partial charge in [-0.25, -0.2) is 9.97 Å². The second-order valence-electron chi connectivity index (χ2n) is 7.02. The Bertz CT molecular complexity index is 752. The molecular weight excluding hydrogens is 328 g/mol. The number of nitrogens with one attached hydrogen (secondary N) is 1. The standard InChI is InChI=1S/C20H26N4O2/c25-12-16-6-3-4-9-24(16)10-8-21-20-17-11-15-5-1-2-7-19(15)26-13-18(17)22-14-23-20/h1-2,5,7,14,16,25H,3-4,6,8-13H2,(H,21,22,23)/t16-/m1/s1. The van der Waals surface area contributed by atoms with E-state index in [9.17, 15) is 5.11 Å². The maximum absolute atomic E-state index is 9.56. The summed E-state index contributed by atoms with van der Waals surface area (Å²) in [6, 6.07) is 8.44. The molecule has 2 N–H and O–H groups in total. The van der Waals surface area contributed by atoms with Crippen LogP contribution in [0.4, 0.5) is 5.82 Å². The molecule has 3 heterocycles. The van der Waals surface area contributed by atoms with Gasteiger partial charge < -0.3 is 15.2 Å². The van der Waals surface area contributed by atoms with Gasteiger partial charge >= 0.3 is 0 Å². The van der Waals surface area contributed by atoms with Crippen LogP contribution in [-0.2, 0) is 13.0 Å². The molecule has 2 aliphatic rings. The Balaban J connectivity index is 1.45. The Morgan fingerprint density at radius 3 is 3.08 bits per heavy atom. The number of hydrogen-bond acceptors (Lipinski definition) is 6. The topological polar surface area (TPSA) is 70.5 Å². The zero-order chi connectivity index (χ0) is 17.8. The van der Waals surface area contributed by atoms with Gasteiger partial charge in [-0.05, 0) is 31.0 Å². The highest BCUT2D eigenvalue weighted by Gasteiger charge is 2.22. The van der Waals surface area contributed by atoms with Gasteiger partial charge in [0.15, 0.2) is 0 Å². The summed E-state index contributed by atoms with van der Waals surface area (Å²) in [6.07, 6.45) is 5.91. The van der Waals surface area contributed by atoms with Crippen molar-refractivity contribution in [1.82, 2.24) is 14.9 Å². The Morgan fingerprint density at radius 2 is 2.15 bits per heavy atom. The van der Waals surface area contributed by atoms with Gasteiger partial charge in [-0.1, -0.05) is 24.6 Å². The number of likely N-dealkylation sites (tertiary alicyclic amines) is 1. The van der Waals surface area contributed by atoms with Crippen molar-refractivity contribution in [2.45, 2.75) is 38.3 Å². The average molecular weight is 354 g/mol. The third-order valence-electron chi connectivity index (χ3n) is 5.39. The van der Waals surface area contributed by atoms with E-state index >= 15 is 0 Å². The molecule has 0 spiro atoms. The van der Waals surface area contributed by atoms with Crippen LogP contribution in [0.2, 0.25) is 0 Å². The molecule has 0 radical (unpaired) electrons. The summed E-state index contributed by atoms with van der Waals surface area (Å²) in [5.74, 6) is 1.82. The highest BCUT2D eigenvalue weighted by molar-refractivity contribution is 5.51. The van der Waals surface area contributed by atoms with Crippen LogP contribution in [0.5, 0.6) is 5.75 Å². The first-order chi connectivity index (χ1) is 12.8. The number of aromatic nitrogens is 2. The van der Waals surface area contributed by atoms with Crippen LogP contribution in [0, 0.1) is 0 Å². The molecule has 0 unspecified atom stereocenters. The lowest BCUT2D eigenvalue weighted by Gasteiger charge is -2.34. The van der Waals surface area contributed by atoms with E-state index in [0.29, 0.717) is 12.6 Å². The molecule has 0 saturated carbocycles. The van der Waals surface area contributed by atoms with Gasteiger partial charge in [0.2, 0.25) is 0 Å². The van der Waals surface area contributed by atoms with Gasteiger partial charge in [-0.15, -0.1) is 0 Å². The highest BCUT2D eigenvalue weighted by atomic mass is 16.5. The quantitative estimate of drug-likeness (QED) is 0.858. The maximum atomic E-state index is 9.56. The number of aliphatic hydroxyl groups excluding tert-OH is 1. The Hall–Kier alpha value is -2.18. The van der Waals surface area contributed by atoms with Crippen molar-refractivity contribution in [3.8, 4) is 5.75 Å². The van der Waals surface area contributed by atoms with Gasteiger partial charge in [-0.2, -0.15) is 0 Å². The van der Waals surface area contributed by atoms with Crippen molar-refractivity contribution in [3.05, 3.63) is 47.4 Å². The molecule has 6 heteroatoms. The zero-order valence-electron chi connectivity index (χ0n) is 15.0. The number of ether oxygens (including phenoxy) is 1. The molecule has 1 aromatic carbocycles. The van der Waals surface area contributed by atoms with E-state index in [-0.39, 0.29) is 6.61 Å². The fraction of sp³-hybridized carbons (Fsp3) is 0.500. The first-order valence-corrected chi connectivity index (χ1v) is 9.47. The number of anilines is 1.